The van der Waals surface area contributed by atoms with Gasteiger partial charge in [-0.2, -0.15) is 0 Å². The summed E-state index contributed by atoms with van der Waals surface area (Å²) in [5.74, 6) is 8.70. The zero-order valence-corrected chi connectivity index (χ0v) is 11.0. The Morgan fingerprint density at radius 2 is 1.83 bits per heavy atom. The molecule has 2 saturated carbocycles. The molecule has 98 valence electrons. The number of aryl methyl sites for hydroxylation is 1. The zero-order chi connectivity index (χ0) is 12.4. The van der Waals surface area contributed by atoms with E-state index in [2.05, 4.69) is 35.8 Å². The molecule has 3 N–H and O–H groups in total. The Balaban J connectivity index is 1.43. The van der Waals surface area contributed by atoms with Gasteiger partial charge >= 0.3 is 0 Å². The first-order chi connectivity index (χ1) is 8.86. The topological polar surface area (TPSA) is 38.0 Å². The average Bonchev–Trinajstić information content (AvgIpc) is 3.03. The van der Waals surface area contributed by atoms with Crippen LogP contribution in [0.2, 0.25) is 0 Å². The average molecular weight is 244 g/mol. The molecule has 2 aliphatic carbocycles. The van der Waals surface area contributed by atoms with Gasteiger partial charge in [0.25, 0.3) is 0 Å². The van der Waals surface area contributed by atoms with Gasteiger partial charge in [0.1, 0.15) is 0 Å². The van der Waals surface area contributed by atoms with Gasteiger partial charge in [-0.25, -0.2) is 0 Å². The molecular weight excluding hydrogens is 220 g/mol. The number of nitrogens with one attached hydrogen (secondary N) is 1. The van der Waals surface area contributed by atoms with Crippen LogP contribution in [0, 0.1) is 17.8 Å². The highest BCUT2D eigenvalue weighted by Gasteiger charge is 2.47. The Bertz CT molecular complexity index is 366. The third-order valence-electron chi connectivity index (χ3n) is 4.89. The van der Waals surface area contributed by atoms with Gasteiger partial charge in [0, 0.05) is 6.04 Å². The lowest BCUT2D eigenvalue weighted by atomic mass is 9.90. The number of hydrazine groups is 1. The number of nitrogens with two attached hydrogens (primary N) is 1. The van der Waals surface area contributed by atoms with E-state index in [-0.39, 0.29) is 0 Å². The predicted octanol–water partition coefficient (Wildman–Crippen LogP) is 2.89. The summed E-state index contributed by atoms with van der Waals surface area (Å²) in [6.45, 7) is 0. The lowest BCUT2D eigenvalue weighted by Crippen LogP contribution is -2.40. The minimum atomic E-state index is 0.543. The molecule has 0 saturated heterocycles. The van der Waals surface area contributed by atoms with Crippen LogP contribution < -0.4 is 11.3 Å². The maximum atomic E-state index is 5.74. The van der Waals surface area contributed by atoms with E-state index in [1.165, 1.54) is 44.1 Å². The van der Waals surface area contributed by atoms with Crippen LogP contribution in [0.4, 0.5) is 0 Å². The highest BCUT2D eigenvalue weighted by molar-refractivity contribution is 5.14. The molecule has 2 nitrogen and oxygen atoms in total. The minimum absolute atomic E-state index is 0.543. The second-order valence-electron chi connectivity index (χ2n) is 6.14. The van der Waals surface area contributed by atoms with Crippen molar-refractivity contribution in [2.45, 2.75) is 44.6 Å². The fraction of sp³-hybridized carbons (Fsp3) is 0.625. The van der Waals surface area contributed by atoms with Crippen LogP contribution in [0.25, 0.3) is 0 Å². The van der Waals surface area contributed by atoms with Crippen molar-refractivity contribution < 1.29 is 0 Å². The molecule has 1 aromatic rings. The molecule has 18 heavy (non-hydrogen) atoms. The molecule has 3 rings (SSSR count). The van der Waals surface area contributed by atoms with Gasteiger partial charge in [0.2, 0.25) is 0 Å². The first-order valence-corrected chi connectivity index (χ1v) is 7.37. The Labute approximate surface area is 110 Å². The Morgan fingerprint density at radius 3 is 2.50 bits per heavy atom. The maximum Gasteiger partial charge on any atom is 0.0239 e. The van der Waals surface area contributed by atoms with Crippen molar-refractivity contribution in [1.82, 2.24) is 5.43 Å². The van der Waals surface area contributed by atoms with Crippen molar-refractivity contribution in [3.63, 3.8) is 0 Å². The monoisotopic (exact) mass is 244 g/mol. The summed E-state index contributed by atoms with van der Waals surface area (Å²) < 4.78 is 0. The highest BCUT2D eigenvalue weighted by atomic mass is 15.2. The number of hydrogen-bond acceptors (Lipinski definition) is 2. The summed E-state index contributed by atoms with van der Waals surface area (Å²) in [6.07, 6.45) is 7.98. The molecule has 3 unspecified atom stereocenters. The largest absolute Gasteiger partial charge is 0.271 e. The van der Waals surface area contributed by atoms with Crippen molar-refractivity contribution in [3.8, 4) is 0 Å². The SMILES string of the molecule is NNC(CCCc1ccccc1)C1CC2CC2C1. The van der Waals surface area contributed by atoms with E-state index >= 15 is 0 Å². The third-order valence-corrected chi connectivity index (χ3v) is 4.89. The van der Waals surface area contributed by atoms with Crippen LogP contribution >= 0.6 is 0 Å². The minimum Gasteiger partial charge on any atom is -0.271 e. The summed E-state index contributed by atoms with van der Waals surface area (Å²) in [5.41, 5.74) is 4.52. The quantitative estimate of drug-likeness (QED) is 0.596. The molecule has 0 heterocycles. The van der Waals surface area contributed by atoms with E-state index in [1.54, 1.807) is 0 Å². The van der Waals surface area contributed by atoms with Gasteiger partial charge in [-0.3, -0.25) is 11.3 Å². The van der Waals surface area contributed by atoms with Gasteiger partial charge in [0.05, 0.1) is 0 Å². The molecule has 0 amide bonds. The molecule has 0 spiro atoms. The normalized spacial score (nSPS) is 31.1. The zero-order valence-electron chi connectivity index (χ0n) is 11.0. The first kappa shape index (κ1) is 12.2. The Hall–Kier alpha value is -0.860. The molecule has 0 bridgehead atoms. The van der Waals surface area contributed by atoms with Gasteiger partial charge in [-0.05, 0) is 61.8 Å². The second kappa shape index (κ2) is 5.41. The van der Waals surface area contributed by atoms with Crippen molar-refractivity contribution in [2.24, 2.45) is 23.6 Å². The van der Waals surface area contributed by atoms with Crippen LogP contribution in [0.3, 0.4) is 0 Å². The van der Waals surface area contributed by atoms with Crippen LogP contribution in [-0.4, -0.2) is 6.04 Å². The van der Waals surface area contributed by atoms with E-state index < -0.39 is 0 Å². The second-order valence-corrected chi connectivity index (χ2v) is 6.14. The summed E-state index contributed by atoms with van der Waals surface area (Å²) in [6, 6.07) is 11.3. The van der Waals surface area contributed by atoms with Gasteiger partial charge in [0.15, 0.2) is 0 Å². The first-order valence-electron chi connectivity index (χ1n) is 7.37. The summed E-state index contributed by atoms with van der Waals surface area (Å²) in [7, 11) is 0. The van der Waals surface area contributed by atoms with Crippen molar-refractivity contribution >= 4 is 0 Å². The van der Waals surface area contributed by atoms with Crippen LogP contribution in [0.5, 0.6) is 0 Å². The molecule has 0 aromatic heterocycles. The third kappa shape index (κ3) is 2.76. The van der Waals surface area contributed by atoms with Crippen molar-refractivity contribution in [2.75, 3.05) is 0 Å². The lowest BCUT2D eigenvalue weighted by molar-refractivity contribution is 0.316. The molecule has 1 aromatic carbocycles. The highest BCUT2D eigenvalue weighted by Crippen LogP contribution is 2.55. The maximum absolute atomic E-state index is 5.74. The molecule has 0 radical (unpaired) electrons. The molecule has 3 atom stereocenters. The lowest BCUT2D eigenvalue weighted by Gasteiger charge is -2.24. The molecule has 2 aliphatic rings. The molecular formula is C16H24N2. The number of fused-ring (bicyclic) bond motifs is 1. The molecule has 2 fully saturated rings. The van der Waals surface area contributed by atoms with Gasteiger partial charge < -0.3 is 0 Å². The van der Waals surface area contributed by atoms with Gasteiger partial charge in [-0.15, -0.1) is 0 Å². The van der Waals surface area contributed by atoms with E-state index in [9.17, 15) is 0 Å². The summed E-state index contributed by atoms with van der Waals surface area (Å²) in [5, 5.41) is 0. The molecule has 2 heteroatoms. The Morgan fingerprint density at radius 1 is 1.11 bits per heavy atom. The van der Waals surface area contributed by atoms with Crippen LogP contribution in [0.15, 0.2) is 30.3 Å². The summed E-state index contributed by atoms with van der Waals surface area (Å²) in [4.78, 5) is 0. The van der Waals surface area contributed by atoms with Gasteiger partial charge in [-0.1, -0.05) is 30.3 Å². The van der Waals surface area contributed by atoms with Crippen LogP contribution in [0.1, 0.15) is 37.7 Å². The summed E-state index contributed by atoms with van der Waals surface area (Å²) >= 11 is 0. The van der Waals surface area contributed by atoms with E-state index in [0.717, 1.165) is 17.8 Å². The smallest absolute Gasteiger partial charge is 0.0239 e. The van der Waals surface area contributed by atoms with E-state index in [4.69, 9.17) is 5.84 Å². The van der Waals surface area contributed by atoms with Crippen LogP contribution in [-0.2, 0) is 6.42 Å². The standard InChI is InChI=1S/C16H24N2/c17-18-16(15-10-13-9-14(13)11-15)8-4-7-12-5-2-1-3-6-12/h1-3,5-6,13-16,18H,4,7-11,17H2. The van der Waals surface area contributed by atoms with Crippen molar-refractivity contribution in [1.29, 1.82) is 0 Å². The Kier molecular flexibility index (Phi) is 3.67. The van der Waals surface area contributed by atoms with Crippen molar-refractivity contribution in [3.05, 3.63) is 35.9 Å². The number of hydrogen-bond donors (Lipinski definition) is 2. The molecule has 0 aliphatic heterocycles. The number of benzene rings is 1. The predicted molar refractivity (Wildman–Crippen MR) is 74.8 cm³/mol. The van der Waals surface area contributed by atoms with E-state index in [0.29, 0.717) is 6.04 Å². The number of rotatable bonds is 6. The fourth-order valence-electron chi connectivity index (χ4n) is 3.72. The van der Waals surface area contributed by atoms with E-state index in [1.807, 2.05) is 0 Å². The fourth-order valence-corrected chi connectivity index (χ4v) is 3.72.